The Bertz CT molecular complexity index is 617. The second-order valence-electron chi connectivity index (χ2n) is 5.51. The average molecular weight is 285 g/mol. The normalized spacial score (nSPS) is 18.2. The summed E-state index contributed by atoms with van der Waals surface area (Å²) in [6.45, 7) is 4.55. The molecule has 0 aromatic carbocycles. The lowest BCUT2D eigenvalue weighted by molar-refractivity contribution is -0.131. The van der Waals surface area contributed by atoms with Crippen molar-refractivity contribution >= 4 is 5.91 Å². The minimum Gasteiger partial charge on any atom is -0.361 e. The summed E-state index contributed by atoms with van der Waals surface area (Å²) >= 11 is 0. The molecule has 21 heavy (non-hydrogen) atoms. The molecular weight excluding hydrogens is 266 g/mol. The van der Waals surface area contributed by atoms with Gasteiger partial charge in [0.15, 0.2) is 0 Å². The van der Waals surface area contributed by atoms with Gasteiger partial charge in [-0.15, -0.1) is 0 Å². The molecule has 3 rings (SSSR count). The van der Waals surface area contributed by atoms with Crippen LogP contribution in [-0.4, -0.2) is 27.5 Å². The molecule has 1 aliphatic heterocycles. The van der Waals surface area contributed by atoms with E-state index in [0.29, 0.717) is 6.42 Å². The minimum absolute atomic E-state index is 0.142. The zero-order valence-electron chi connectivity index (χ0n) is 12.4. The molecule has 0 radical (unpaired) electrons. The summed E-state index contributed by atoms with van der Waals surface area (Å²) in [6, 6.07) is 4.15. The molecule has 1 fully saturated rings. The fourth-order valence-corrected chi connectivity index (χ4v) is 3.00. The predicted octanol–water partition coefficient (Wildman–Crippen LogP) is 2.59. The highest BCUT2D eigenvalue weighted by molar-refractivity contribution is 5.80. The number of likely N-dealkylation sites (tertiary alicyclic amines) is 1. The van der Waals surface area contributed by atoms with E-state index in [2.05, 4.69) is 10.1 Å². The molecule has 0 bridgehead atoms. The Labute approximate surface area is 124 Å². The summed E-state index contributed by atoms with van der Waals surface area (Å²) in [5, 5.41) is 3.92. The van der Waals surface area contributed by atoms with Crippen molar-refractivity contribution in [1.29, 1.82) is 0 Å². The second kappa shape index (κ2) is 5.68. The highest BCUT2D eigenvalue weighted by atomic mass is 16.5. The van der Waals surface area contributed by atoms with Crippen LogP contribution in [0.5, 0.6) is 0 Å². The summed E-state index contributed by atoms with van der Waals surface area (Å²) in [5.74, 6) is 0.879. The SMILES string of the molecule is Cc1noc(C)c1CC(=O)N1CCCC1c1ccncc1. The van der Waals surface area contributed by atoms with E-state index in [9.17, 15) is 4.79 Å². The van der Waals surface area contributed by atoms with Crippen molar-refractivity contribution in [3.8, 4) is 0 Å². The highest BCUT2D eigenvalue weighted by Gasteiger charge is 2.30. The van der Waals surface area contributed by atoms with Crippen molar-refractivity contribution in [1.82, 2.24) is 15.0 Å². The van der Waals surface area contributed by atoms with Crippen LogP contribution in [0.1, 0.15) is 41.5 Å². The van der Waals surface area contributed by atoms with Crippen molar-refractivity contribution in [2.24, 2.45) is 0 Å². The van der Waals surface area contributed by atoms with E-state index < -0.39 is 0 Å². The summed E-state index contributed by atoms with van der Waals surface area (Å²) in [5.41, 5.74) is 2.88. The van der Waals surface area contributed by atoms with Gasteiger partial charge in [-0.25, -0.2) is 0 Å². The number of rotatable bonds is 3. The first-order valence-corrected chi connectivity index (χ1v) is 7.28. The summed E-state index contributed by atoms with van der Waals surface area (Å²) in [6.07, 6.45) is 5.98. The first-order chi connectivity index (χ1) is 10.2. The molecule has 0 aliphatic carbocycles. The van der Waals surface area contributed by atoms with Crippen LogP contribution in [0.4, 0.5) is 0 Å². The molecule has 1 atom stereocenters. The van der Waals surface area contributed by atoms with Gasteiger partial charge in [0.25, 0.3) is 0 Å². The van der Waals surface area contributed by atoms with E-state index in [-0.39, 0.29) is 11.9 Å². The van der Waals surface area contributed by atoms with E-state index in [1.807, 2.05) is 30.9 Å². The molecule has 0 N–H and O–H groups in total. The maximum absolute atomic E-state index is 12.6. The standard InChI is InChI=1S/C16H19N3O2/c1-11-14(12(2)21-18-11)10-16(20)19-9-3-4-15(19)13-5-7-17-8-6-13/h5-8,15H,3-4,9-10H2,1-2H3. The third-order valence-corrected chi connectivity index (χ3v) is 4.17. The van der Waals surface area contributed by atoms with E-state index >= 15 is 0 Å². The van der Waals surface area contributed by atoms with Gasteiger partial charge >= 0.3 is 0 Å². The topological polar surface area (TPSA) is 59.2 Å². The van der Waals surface area contributed by atoms with Crippen LogP contribution >= 0.6 is 0 Å². The van der Waals surface area contributed by atoms with Gasteiger partial charge in [0.05, 0.1) is 18.2 Å². The van der Waals surface area contributed by atoms with Crippen LogP contribution in [-0.2, 0) is 11.2 Å². The Hall–Kier alpha value is -2.17. The van der Waals surface area contributed by atoms with E-state index in [1.165, 1.54) is 0 Å². The number of carbonyl (C=O) groups excluding carboxylic acids is 1. The summed E-state index contributed by atoms with van der Waals surface area (Å²) in [4.78, 5) is 18.7. The van der Waals surface area contributed by atoms with Crippen LogP contribution in [0.2, 0.25) is 0 Å². The fraction of sp³-hybridized carbons (Fsp3) is 0.438. The lowest BCUT2D eigenvalue weighted by Gasteiger charge is -2.25. The number of nitrogens with zero attached hydrogens (tertiary/aromatic N) is 3. The number of aromatic nitrogens is 2. The number of aryl methyl sites for hydroxylation is 2. The van der Waals surface area contributed by atoms with Crippen LogP contribution in [0.25, 0.3) is 0 Å². The molecule has 1 saturated heterocycles. The van der Waals surface area contributed by atoms with Gasteiger partial charge in [0.2, 0.25) is 5.91 Å². The van der Waals surface area contributed by atoms with Gasteiger partial charge in [0.1, 0.15) is 5.76 Å². The second-order valence-corrected chi connectivity index (χ2v) is 5.51. The highest BCUT2D eigenvalue weighted by Crippen LogP contribution is 2.32. The summed E-state index contributed by atoms with van der Waals surface area (Å²) < 4.78 is 5.14. The third-order valence-electron chi connectivity index (χ3n) is 4.17. The van der Waals surface area contributed by atoms with Crippen LogP contribution < -0.4 is 0 Å². The van der Waals surface area contributed by atoms with Gasteiger partial charge in [-0.1, -0.05) is 5.16 Å². The Morgan fingerprint density at radius 2 is 2.14 bits per heavy atom. The van der Waals surface area contributed by atoms with E-state index in [0.717, 1.165) is 42.0 Å². The predicted molar refractivity (Wildman–Crippen MR) is 77.6 cm³/mol. The van der Waals surface area contributed by atoms with E-state index in [1.54, 1.807) is 12.4 Å². The molecule has 0 spiro atoms. The molecule has 2 aromatic heterocycles. The van der Waals surface area contributed by atoms with Gasteiger partial charge in [-0.3, -0.25) is 9.78 Å². The smallest absolute Gasteiger partial charge is 0.227 e. The van der Waals surface area contributed by atoms with Crippen LogP contribution in [0.15, 0.2) is 29.0 Å². The number of hydrogen-bond donors (Lipinski definition) is 0. The Morgan fingerprint density at radius 1 is 1.38 bits per heavy atom. The average Bonchev–Trinajstić information content (AvgIpc) is 3.10. The molecule has 0 saturated carbocycles. The van der Waals surface area contributed by atoms with Crippen molar-refractivity contribution in [3.05, 3.63) is 47.1 Å². The lowest BCUT2D eigenvalue weighted by Crippen LogP contribution is -2.32. The summed E-state index contributed by atoms with van der Waals surface area (Å²) in [7, 11) is 0. The van der Waals surface area contributed by atoms with Crippen LogP contribution in [0.3, 0.4) is 0 Å². The minimum atomic E-state index is 0.142. The molecule has 1 aliphatic rings. The first-order valence-electron chi connectivity index (χ1n) is 7.28. The Balaban J connectivity index is 1.78. The maximum atomic E-state index is 12.6. The Kier molecular flexibility index (Phi) is 3.73. The molecule has 2 aromatic rings. The number of pyridine rings is 1. The number of carbonyl (C=O) groups is 1. The van der Waals surface area contributed by atoms with Crippen molar-refractivity contribution in [2.45, 2.75) is 39.2 Å². The van der Waals surface area contributed by atoms with E-state index in [4.69, 9.17) is 4.52 Å². The van der Waals surface area contributed by atoms with Crippen LogP contribution in [0, 0.1) is 13.8 Å². The molecule has 110 valence electrons. The molecule has 1 unspecified atom stereocenters. The van der Waals surface area contributed by atoms with Crippen molar-refractivity contribution in [3.63, 3.8) is 0 Å². The van der Waals surface area contributed by atoms with Gasteiger partial charge in [-0.2, -0.15) is 0 Å². The fourth-order valence-electron chi connectivity index (χ4n) is 3.00. The largest absolute Gasteiger partial charge is 0.361 e. The van der Waals surface area contributed by atoms with Crippen molar-refractivity contribution in [2.75, 3.05) is 6.54 Å². The van der Waals surface area contributed by atoms with Gasteiger partial charge < -0.3 is 9.42 Å². The van der Waals surface area contributed by atoms with Gasteiger partial charge in [0, 0.05) is 24.5 Å². The third kappa shape index (κ3) is 2.68. The monoisotopic (exact) mass is 285 g/mol. The maximum Gasteiger partial charge on any atom is 0.227 e. The molecule has 1 amide bonds. The van der Waals surface area contributed by atoms with Gasteiger partial charge in [-0.05, 0) is 44.4 Å². The number of hydrogen-bond acceptors (Lipinski definition) is 4. The van der Waals surface area contributed by atoms with Crippen molar-refractivity contribution < 1.29 is 9.32 Å². The molecule has 5 heteroatoms. The first kappa shape index (κ1) is 13.8. The lowest BCUT2D eigenvalue weighted by atomic mass is 10.0. The Morgan fingerprint density at radius 3 is 2.81 bits per heavy atom. The number of amides is 1. The molecule has 5 nitrogen and oxygen atoms in total. The zero-order valence-corrected chi connectivity index (χ0v) is 12.4. The quantitative estimate of drug-likeness (QED) is 0.869. The zero-order chi connectivity index (χ0) is 14.8. The molecular formula is C16H19N3O2. The molecule has 3 heterocycles.